The number of amides is 2. The molecule has 1 aromatic heterocycles. The molecule has 2 aromatic rings. The van der Waals surface area contributed by atoms with Gasteiger partial charge in [0, 0.05) is 25.3 Å². The van der Waals surface area contributed by atoms with Gasteiger partial charge in [0.25, 0.3) is 5.91 Å². The lowest BCUT2D eigenvalue weighted by Gasteiger charge is -2.34. The smallest absolute Gasteiger partial charge is 0.263 e. The van der Waals surface area contributed by atoms with Gasteiger partial charge in [-0.1, -0.05) is 38.1 Å². The first-order chi connectivity index (χ1) is 14.5. The van der Waals surface area contributed by atoms with E-state index in [0.29, 0.717) is 48.8 Å². The molecule has 3 rings (SSSR count). The molecule has 0 aliphatic carbocycles. The van der Waals surface area contributed by atoms with Gasteiger partial charge in [-0.05, 0) is 31.4 Å². The monoisotopic (exact) mass is 414 g/mol. The zero-order valence-electron chi connectivity index (χ0n) is 17.9. The summed E-state index contributed by atoms with van der Waals surface area (Å²) in [6.45, 7) is 6.23. The Labute approximate surface area is 177 Å². The minimum absolute atomic E-state index is 0.0543. The van der Waals surface area contributed by atoms with Gasteiger partial charge in [0.1, 0.15) is 5.75 Å². The number of hydrogen-bond acceptors (Lipinski definition) is 6. The van der Waals surface area contributed by atoms with Crippen LogP contribution in [0.2, 0.25) is 0 Å². The van der Waals surface area contributed by atoms with E-state index in [1.165, 1.54) is 0 Å². The average molecular weight is 415 g/mol. The van der Waals surface area contributed by atoms with Crippen molar-refractivity contribution in [1.82, 2.24) is 15.5 Å². The molecule has 162 valence electrons. The number of fused-ring (bicyclic) bond motifs is 1. The van der Waals surface area contributed by atoms with Crippen LogP contribution in [-0.2, 0) is 22.4 Å². The van der Waals surface area contributed by atoms with E-state index in [0.717, 1.165) is 12.8 Å². The fraction of sp³-hybridized carbons (Fsp3) is 0.545. The van der Waals surface area contributed by atoms with E-state index < -0.39 is 6.10 Å². The van der Waals surface area contributed by atoms with E-state index in [1.807, 2.05) is 39.0 Å². The normalized spacial score (nSPS) is 15.6. The van der Waals surface area contributed by atoms with Gasteiger partial charge in [0.2, 0.25) is 11.8 Å². The van der Waals surface area contributed by atoms with Crippen LogP contribution in [0.15, 0.2) is 28.8 Å². The highest BCUT2D eigenvalue weighted by molar-refractivity contribution is 5.97. The Morgan fingerprint density at radius 3 is 2.70 bits per heavy atom. The maximum absolute atomic E-state index is 13.0. The summed E-state index contributed by atoms with van der Waals surface area (Å²) in [6.07, 6.45) is 3.14. The van der Waals surface area contributed by atoms with Gasteiger partial charge in [-0.2, -0.15) is 4.98 Å². The molecule has 0 saturated carbocycles. The maximum atomic E-state index is 13.0. The molecule has 8 heteroatoms. The van der Waals surface area contributed by atoms with E-state index in [4.69, 9.17) is 9.26 Å². The zero-order valence-corrected chi connectivity index (χ0v) is 17.9. The molecule has 1 aliphatic rings. The fourth-order valence-corrected chi connectivity index (χ4v) is 3.46. The van der Waals surface area contributed by atoms with E-state index in [2.05, 4.69) is 15.5 Å². The maximum Gasteiger partial charge on any atom is 0.263 e. The van der Waals surface area contributed by atoms with Crippen LogP contribution >= 0.6 is 0 Å². The average Bonchev–Trinajstić information content (AvgIpc) is 3.24. The third kappa shape index (κ3) is 5.17. The van der Waals surface area contributed by atoms with Gasteiger partial charge >= 0.3 is 0 Å². The van der Waals surface area contributed by atoms with Crippen molar-refractivity contribution in [2.45, 2.75) is 71.4 Å². The lowest BCUT2D eigenvalue weighted by Crippen LogP contribution is -2.52. The third-order valence-electron chi connectivity index (χ3n) is 5.31. The number of para-hydroxylation sites is 2. The molecule has 1 atom stereocenters. The zero-order chi connectivity index (χ0) is 21.5. The number of nitrogens with zero attached hydrogens (tertiary/aromatic N) is 3. The van der Waals surface area contributed by atoms with Crippen molar-refractivity contribution in [3.8, 4) is 5.75 Å². The molecule has 0 saturated heterocycles. The number of rotatable bonds is 9. The Morgan fingerprint density at radius 1 is 1.23 bits per heavy atom. The standard InChI is InChI=1S/C22H30N4O4/c1-4-15(5-2)23-22(28)18-14-26(16-10-7-8-11-17(16)29-18)21(27)13-9-12-20-24-19(6-3)25-30-20/h7-8,10-11,15,18H,4-6,9,12-14H2,1-3H3,(H,23,28). The summed E-state index contributed by atoms with van der Waals surface area (Å²) in [4.78, 5) is 31.7. The summed E-state index contributed by atoms with van der Waals surface area (Å²) < 4.78 is 11.1. The highest BCUT2D eigenvalue weighted by Crippen LogP contribution is 2.33. The van der Waals surface area contributed by atoms with E-state index in [1.54, 1.807) is 11.0 Å². The van der Waals surface area contributed by atoms with Crippen molar-refractivity contribution < 1.29 is 18.8 Å². The second-order valence-corrected chi connectivity index (χ2v) is 7.41. The highest BCUT2D eigenvalue weighted by atomic mass is 16.5. The van der Waals surface area contributed by atoms with Crippen molar-refractivity contribution in [2.75, 3.05) is 11.4 Å². The molecule has 0 bridgehead atoms. The predicted octanol–water partition coefficient (Wildman–Crippen LogP) is 3.05. The van der Waals surface area contributed by atoms with Crippen molar-refractivity contribution in [3.63, 3.8) is 0 Å². The second-order valence-electron chi connectivity index (χ2n) is 7.41. The van der Waals surface area contributed by atoms with Gasteiger partial charge in [-0.15, -0.1) is 0 Å². The van der Waals surface area contributed by atoms with E-state index in [-0.39, 0.29) is 24.4 Å². The molecule has 2 heterocycles. The molecule has 0 spiro atoms. The molecule has 0 fully saturated rings. The molecule has 1 aromatic carbocycles. The van der Waals surface area contributed by atoms with Crippen LogP contribution in [0.3, 0.4) is 0 Å². The Balaban J connectivity index is 1.65. The topological polar surface area (TPSA) is 97.6 Å². The van der Waals surface area contributed by atoms with Crippen LogP contribution in [0, 0.1) is 0 Å². The first-order valence-electron chi connectivity index (χ1n) is 10.7. The molecule has 1 unspecified atom stereocenters. The quantitative estimate of drug-likeness (QED) is 0.677. The summed E-state index contributed by atoms with van der Waals surface area (Å²) >= 11 is 0. The van der Waals surface area contributed by atoms with Crippen molar-refractivity contribution >= 4 is 17.5 Å². The minimum Gasteiger partial charge on any atom is -0.477 e. The number of ether oxygens (including phenoxy) is 1. The van der Waals surface area contributed by atoms with E-state index in [9.17, 15) is 9.59 Å². The number of carbonyl (C=O) groups is 2. The third-order valence-corrected chi connectivity index (χ3v) is 5.31. The highest BCUT2D eigenvalue weighted by Gasteiger charge is 2.34. The summed E-state index contributed by atoms with van der Waals surface area (Å²) in [7, 11) is 0. The number of anilines is 1. The second kappa shape index (κ2) is 10.2. The van der Waals surface area contributed by atoms with Crippen LogP contribution in [-0.4, -0.2) is 40.6 Å². The summed E-state index contributed by atoms with van der Waals surface area (Å²) in [5, 5.41) is 6.90. The number of nitrogens with one attached hydrogen (secondary N) is 1. The van der Waals surface area contributed by atoms with Gasteiger partial charge < -0.3 is 19.5 Å². The van der Waals surface area contributed by atoms with Gasteiger partial charge in [0.15, 0.2) is 11.9 Å². The molecule has 2 amide bonds. The summed E-state index contributed by atoms with van der Waals surface area (Å²) in [6, 6.07) is 7.43. The molecule has 30 heavy (non-hydrogen) atoms. The van der Waals surface area contributed by atoms with Crippen LogP contribution in [0.25, 0.3) is 0 Å². The Bertz CT molecular complexity index is 862. The first kappa shape index (κ1) is 21.8. The van der Waals surface area contributed by atoms with Crippen molar-refractivity contribution in [1.29, 1.82) is 0 Å². The molecule has 1 aliphatic heterocycles. The minimum atomic E-state index is -0.729. The number of carbonyl (C=O) groups excluding carboxylic acids is 2. The SMILES string of the molecule is CCc1noc(CCCC(=O)N2CC(C(=O)NC(CC)CC)Oc3ccccc32)n1. The number of hydrogen-bond donors (Lipinski definition) is 1. The van der Waals surface area contributed by atoms with Crippen LogP contribution in [0.1, 0.15) is 58.2 Å². The number of aromatic nitrogens is 2. The Hall–Kier alpha value is -2.90. The largest absolute Gasteiger partial charge is 0.477 e. The number of benzene rings is 1. The number of aryl methyl sites for hydroxylation is 2. The van der Waals surface area contributed by atoms with Gasteiger partial charge in [-0.3, -0.25) is 9.59 Å². The summed E-state index contributed by atoms with van der Waals surface area (Å²) in [5.74, 6) is 1.52. The van der Waals surface area contributed by atoms with Crippen LogP contribution in [0.5, 0.6) is 5.75 Å². The Kier molecular flexibility index (Phi) is 7.43. The predicted molar refractivity (Wildman–Crippen MR) is 112 cm³/mol. The fourth-order valence-electron chi connectivity index (χ4n) is 3.46. The molecule has 0 radical (unpaired) electrons. The lowest BCUT2D eigenvalue weighted by atomic mass is 10.1. The van der Waals surface area contributed by atoms with Crippen molar-refractivity contribution in [2.24, 2.45) is 0 Å². The van der Waals surface area contributed by atoms with E-state index >= 15 is 0 Å². The van der Waals surface area contributed by atoms with Crippen molar-refractivity contribution in [3.05, 3.63) is 36.0 Å². The van der Waals surface area contributed by atoms with Crippen LogP contribution < -0.4 is 15.0 Å². The van der Waals surface area contributed by atoms with Gasteiger partial charge in [0.05, 0.1) is 12.2 Å². The summed E-state index contributed by atoms with van der Waals surface area (Å²) in [5.41, 5.74) is 0.695. The first-order valence-corrected chi connectivity index (χ1v) is 10.7. The molecular weight excluding hydrogens is 384 g/mol. The van der Waals surface area contributed by atoms with Crippen LogP contribution in [0.4, 0.5) is 5.69 Å². The molecule has 8 nitrogen and oxygen atoms in total. The van der Waals surface area contributed by atoms with Gasteiger partial charge in [-0.25, -0.2) is 0 Å². The Morgan fingerprint density at radius 2 is 2.00 bits per heavy atom. The molecule has 1 N–H and O–H groups in total. The lowest BCUT2D eigenvalue weighted by molar-refractivity contribution is -0.129. The molecular formula is C22H30N4O4.